The molecule has 1 aliphatic rings. The van der Waals surface area contributed by atoms with Crippen LogP contribution in [0.25, 0.3) is 0 Å². The zero-order valence-corrected chi connectivity index (χ0v) is 11.2. The smallest absolute Gasteiger partial charge is 0.0437 e. The van der Waals surface area contributed by atoms with E-state index < -0.39 is 0 Å². The van der Waals surface area contributed by atoms with Gasteiger partial charge >= 0.3 is 0 Å². The van der Waals surface area contributed by atoms with Gasteiger partial charge in [-0.1, -0.05) is 29.8 Å². The van der Waals surface area contributed by atoms with E-state index in [9.17, 15) is 0 Å². The van der Waals surface area contributed by atoms with Crippen LogP contribution in [-0.2, 0) is 6.42 Å². The molecule has 2 N–H and O–H groups in total. The number of nitrogens with zero attached hydrogens (tertiary/aromatic N) is 1. The fraction of sp³-hybridized carbons (Fsp3) is 0.571. The molecule has 3 heteroatoms. The molecular weight excluding hydrogens is 232 g/mol. The van der Waals surface area contributed by atoms with Crippen LogP contribution in [0.5, 0.6) is 0 Å². The molecule has 0 amide bonds. The maximum Gasteiger partial charge on any atom is 0.0437 e. The highest BCUT2D eigenvalue weighted by Crippen LogP contribution is 2.25. The normalized spacial score (nSPS) is 26.1. The van der Waals surface area contributed by atoms with E-state index in [1.165, 1.54) is 18.5 Å². The van der Waals surface area contributed by atoms with Crippen molar-refractivity contribution in [3.63, 3.8) is 0 Å². The van der Waals surface area contributed by atoms with Crippen LogP contribution < -0.4 is 5.73 Å². The second-order valence-electron chi connectivity index (χ2n) is 5.30. The van der Waals surface area contributed by atoms with Gasteiger partial charge in [-0.15, -0.1) is 0 Å². The first-order valence-electron chi connectivity index (χ1n) is 6.30. The summed E-state index contributed by atoms with van der Waals surface area (Å²) in [6.07, 6.45) is 4.32. The zero-order chi connectivity index (χ0) is 12.3. The van der Waals surface area contributed by atoms with Crippen LogP contribution in [-0.4, -0.2) is 30.6 Å². The summed E-state index contributed by atoms with van der Waals surface area (Å²) >= 11 is 6.16. The van der Waals surface area contributed by atoms with Gasteiger partial charge in [-0.3, -0.25) is 0 Å². The van der Waals surface area contributed by atoms with Gasteiger partial charge in [0.05, 0.1) is 0 Å². The quantitative estimate of drug-likeness (QED) is 0.896. The first kappa shape index (κ1) is 12.9. The van der Waals surface area contributed by atoms with Crippen LogP contribution in [0.1, 0.15) is 24.8 Å². The molecule has 2 nitrogen and oxygen atoms in total. The number of benzene rings is 1. The Hall–Kier alpha value is -0.570. The van der Waals surface area contributed by atoms with E-state index in [2.05, 4.69) is 18.0 Å². The molecule has 0 radical (unpaired) electrons. The number of likely N-dealkylation sites (tertiary alicyclic amines) is 1. The summed E-state index contributed by atoms with van der Waals surface area (Å²) in [7, 11) is 2.15. The topological polar surface area (TPSA) is 29.3 Å². The lowest BCUT2D eigenvalue weighted by atomic mass is 9.85. The first-order chi connectivity index (χ1) is 8.09. The molecule has 94 valence electrons. The summed E-state index contributed by atoms with van der Waals surface area (Å²) < 4.78 is 0. The second kappa shape index (κ2) is 5.38. The van der Waals surface area contributed by atoms with Crippen molar-refractivity contribution in [3.05, 3.63) is 34.9 Å². The van der Waals surface area contributed by atoms with Crippen molar-refractivity contribution in [2.45, 2.75) is 31.2 Å². The van der Waals surface area contributed by atoms with Crippen molar-refractivity contribution in [3.8, 4) is 0 Å². The monoisotopic (exact) mass is 252 g/mol. The van der Waals surface area contributed by atoms with E-state index in [0.717, 1.165) is 30.8 Å². The first-order valence-corrected chi connectivity index (χ1v) is 6.68. The number of rotatable bonds is 3. The number of halogens is 1. The van der Waals surface area contributed by atoms with Crippen LogP contribution in [0.15, 0.2) is 24.3 Å². The molecule has 0 aliphatic carbocycles. The fourth-order valence-electron chi connectivity index (χ4n) is 2.69. The summed E-state index contributed by atoms with van der Waals surface area (Å²) in [4.78, 5) is 2.33. The lowest BCUT2D eigenvalue weighted by molar-refractivity contribution is 0.170. The van der Waals surface area contributed by atoms with Gasteiger partial charge in [0, 0.05) is 17.1 Å². The minimum atomic E-state index is -0.0355. The van der Waals surface area contributed by atoms with Gasteiger partial charge in [-0.2, -0.15) is 0 Å². The number of hydrogen-bond acceptors (Lipinski definition) is 2. The molecule has 17 heavy (non-hydrogen) atoms. The van der Waals surface area contributed by atoms with E-state index >= 15 is 0 Å². The van der Waals surface area contributed by atoms with Gasteiger partial charge < -0.3 is 10.6 Å². The fourth-order valence-corrected chi connectivity index (χ4v) is 2.92. The number of aryl methyl sites for hydroxylation is 1. The molecule has 1 unspecified atom stereocenters. The van der Waals surface area contributed by atoms with Crippen LogP contribution in [0.4, 0.5) is 0 Å². The molecule has 1 aliphatic heterocycles. The summed E-state index contributed by atoms with van der Waals surface area (Å²) in [5, 5.41) is 0.861. The minimum Gasteiger partial charge on any atom is -0.324 e. The van der Waals surface area contributed by atoms with Gasteiger partial charge in [0.1, 0.15) is 0 Å². The van der Waals surface area contributed by atoms with Crippen LogP contribution in [0.3, 0.4) is 0 Å². The average molecular weight is 253 g/mol. The standard InChI is InChI=1S/C14H21ClN2/c1-17-10-4-8-14(16,11-17)9-7-12-5-2-3-6-13(12)15/h2-3,5-6H,4,7-11,16H2,1H3. The van der Waals surface area contributed by atoms with Crippen LogP contribution in [0, 0.1) is 0 Å². The van der Waals surface area contributed by atoms with Gasteiger partial charge in [-0.25, -0.2) is 0 Å². The Balaban J connectivity index is 1.95. The van der Waals surface area contributed by atoms with E-state index in [1.807, 2.05) is 18.2 Å². The molecule has 1 saturated heterocycles. The van der Waals surface area contributed by atoms with Crippen molar-refractivity contribution >= 4 is 11.6 Å². The Labute approximate surface area is 109 Å². The van der Waals surface area contributed by atoms with Gasteiger partial charge in [-0.05, 0) is 50.9 Å². The number of likely N-dealkylation sites (N-methyl/N-ethyl adjacent to an activating group) is 1. The van der Waals surface area contributed by atoms with E-state index in [4.69, 9.17) is 17.3 Å². The van der Waals surface area contributed by atoms with Crippen molar-refractivity contribution in [2.75, 3.05) is 20.1 Å². The van der Waals surface area contributed by atoms with E-state index in [-0.39, 0.29) is 5.54 Å². The summed E-state index contributed by atoms with van der Waals surface area (Å²) in [6, 6.07) is 8.06. The van der Waals surface area contributed by atoms with Crippen molar-refractivity contribution < 1.29 is 0 Å². The summed E-state index contributed by atoms with van der Waals surface area (Å²) in [6.45, 7) is 2.17. The molecule has 0 aromatic heterocycles. The average Bonchev–Trinajstić information content (AvgIpc) is 2.28. The molecule has 0 bridgehead atoms. The molecule has 1 atom stereocenters. The molecule has 1 heterocycles. The zero-order valence-electron chi connectivity index (χ0n) is 10.5. The Morgan fingerprint density at radius 3 is 2.88 bits per heavy atom. The maximum atomic E-state index is 6.46. The molecule has 1 fully saturated rings. The SMILES string of the molecule is CN1CCCC(N)(CCc2ccccc2Cl)C1. The lowest BCUT2D eigenvalue weighted by Gasteiger charge is -2.38. The predicted octanol–water partition coefficient (Wildman–Crippen LogP) is 2.70. The second-order valence-corrected chi connectivity index (χ2v) is 5.70. The van der Waals surface area contributed by atoms with Crippen molar-refractivity contribution in [1.29, 1.82) is 0 Å². The van der Waals surface area contributed by atoms with Crippen LogP contribution in [0.2, 0.25) is 5.02 Å². The van der Waals surface area contributed by atoms with Gasteiger partial charge in [0.2, 0.25) is 0 Å². The highest BCUT2D eigenvalue weighted by atomic mass is 35.5. The van der Waals surface area contributed by atoms with Crippen molar-refractivity contribution in [2.24, 2.45) is 5.73 Å². The highest BCUT2D eigenvalue weighted by Gasteiger charge is 2.29. The summed E-state index contributed by atoms with van der Waals surface area (Å²) in [5.41, 5.74) is 7.64. The molecule has 1 aromatic carbocycles. The van der Waals surface area contributed by atoms with E-state index in [1.54, 1.807) is 0 Å². The van der Waals surface area contributed by atoms with E-state index in [0.29, 0.717) is 0 Å². The third-order valence-electron chi connectivity index (χ3n) is 3.65. The van der Waals surface area contributed by atoms with Crippen molar-refractivity contribution in [1.82, 2.24) is 4.90 Å². The third-order valence-corrected chi connectivity index (χ3v) is 4.02. The largest absolute Gasteiger partial charge is 0.324 e. The van der Waals surface area contributed by atoms with Gasteiger partial charge in [0.15, 0.2) is 0 Å². The molecule has 0 saturated carbocycles. The van der Waals surface area contributed by atoms with Crippen LogP contribution >= 0.6 is 11.6 Å². The van der Waals surface area contributed by atoms with Gasteiger partial charge in [0.25, 0.3) is 0 Å². The third kappa shape index (κ3) is 3.44. The molecular formula is C14H21ClN2. The Bertz CT molecular complexity index is 380. The highest BCUT2D eigenvalue weighted by molar-refractivity contribution is 6.31. The maximum absolute atomic E-state index is 6.46. The number of hydrogen-bond donors (Lipinski definition) is 1. The summed E-state index contributed by atoms with van der Waals surface area (Å²) in [5.74, 6) is 0. The molecule has 1 aromatic rings. The predicted molar refractivity (Wildman–Crippen MR) is 73.4 cm³/mol. The Morgan fingerprint density at radius 2 is 2.18 bits per heavy atom. The number of nitrogens with two attached hydrogens (primary N) is 1. The molecule has 0 spiro atoms. The molecule has 2 rings (SSSR count). The lowest BCUT2D eigenvalue weighted by Crippen LogP contribution is -2.53. The minimum absolute atomic E-state index is 0.0355. The Morgan fingerprint density at radius 1 is 1.41 bits per heavy atom. The Kier molecular flexibility index (Phi) is 4.08. The number of piperidine rings is 1.